The summed E-state index contributed by atoms with van der Waals surface area (Å²) in [6.45, 7) is 24.8. The van der Waals surface area contributed by atoms with E-state index in [1.54, 1.807) is 52.2 Å². The molecule has 0 spiro atoms. The number of carboxylic acids is 1. The Morgan fingerprint density at radius 2 is 1.14 bits per heavy atom. The first-order valence-electron chi connectivity index (χ1n) is 25.5. The molecule has 0 radical (unpaired) electrons. The summed E-state index contributed by atoms with van der Waals surface area (Å²) in [7, 11) is 0. The first-order chi connectivity index (χ1) is 37.4. The van der Waals surface area contributed by atoms with Crippen molar-refractivity contribution in [3.8, 4) is 12.1 Å². The molecule has 21 nitrogen and oxygen atoms in total. The van der Waals surface area contributed by atoms with Crippen LogP contribution in [0, 0.1) is 64.2 Å². The second kappa shape index (κ2) is 24.3. The molecule has 416 valence electrons. The second-order valence-electron chi connectivity index (χ2n) is 21.6. The van der Waals surface area contributed by atoms with Gasteiger partial charge in [-0.25, -0.2) is 28.9 Å². The number of nitriles is 2. The summed E-state index contributed by atoms with van der Waals surface area (Å²) in [6, 6.07) is 19.1. The molecule has 0 saturated carbocycles. The fraction of sp³-hybridized carbons (Fsp3) is 0.339. The van der Waals surface area contributed by atoms with E-state index < -0.39 is 34.8 Å². The van der Waals surface area contributed by atoms with E-state index in [2.05, 4.69) is 46.8 Å². The van der Waals surface area contributed by atoms with Gasteiger partial charge in [0.25, 0.3) is 5.91 Å². The van der Waals surface area contributed by atoms with Crippen molar-refractivity contribution < 1.29 is 34.4 Å². The van der Waals surface area contributed by atoms with Crippen molar-refractivity contribution in [1.29, 1.82) is 10.5 Å². The first kappa shape index (κ1) is 60.1. The van der Waals surface area contributed by atoms with Crippen LogP contribution in [-0.2, 0) is 42.1 Å². The third kappa shape index (κ3) is 14.7. The van der Waals surface area contributed by atoms with Gasteiger partial charge in [0.05, 0.1) is 53.3 Å². The first-order valence-corrected chi connectivity index (χ1v) is 25.5. The van der Waals surface area contributed by atoms with Crippen LogP contribution in [0.2, 0.25) is 0 Å². The fourth-order valence-electron chi connectivity index (χ4n) is 8.93. The maximum atomic E-state index is 12.9. The normalized spacial score (nSPS) is 11.4. The van der Waals surface area contributed by atoms with Crippen LogP contribution >= 0.6 is 0 Å². The van der Waals surface area contributed by atoms with E-state index >= 15 is 0 Å². The van der Waals surface area contributed by atoms with Crippen LogP contribution in [0.5, 0.6) is 0 Å². The van der Waals surface area contributed by atoms with Crippen LogP contribution in [-0.4, -0.2) is 78.4 Å². The molecular formula is C59H68N14O7. The highest BCUT2D eigenvalue weighted by molar-refractivity contribution is 5.96. The van der Waals surface area contributed by atoms with Gasteiger partial charge in [-0.15, -0.1) is 0 Å². The number of nitrogens with two attached hydrogens (primary N) is 2. The zero-order chi connectivity index (χ0) is 59.2. The maximum Gasteiger partial charge on any atom is 0.413 e. The van der Waals surface area contributed by atoms with E-state index in [0.29, 0.717) is 34.8 Å². The molecule has 0 bridgehead atoms. The Balaban J connectivity index is 0.000000206. The highest BCUT2D eigenvalue weighted by atomic mass is 16.6. The largest absolute Gasteiger partial charge is 0.478 e. The number of hydrogen-bond acceptors (Lipinski definition) is 16. The number of anilines is 2. The van der Waals surface area contributed by atoms with Crippen LogP contribution in [0.15, 0.2) is 73.3 Å². The molecule has 0 atom stereocenters. The molecular weight excluding hydrogens is 1020 g/mol. The number of aryl methyl sites for hydroxylation is 6. The van der Waals surface area contributed by atoms with E-state index in [9.17, 15) is 35.1 Å². The van der Waals surface area contributed by atoms with Crippen LogP contribution in [0.25, 0.3) is 21.8 Å². The van der Waals surface area contributed by atoms with Crippen molar-refractivity contribution in [2.75, 3.05) is 11.1 Å². The summed E-state index contributed by atoms with van der Waals surface area (Å²) in [4.78, 5) is 53.3. The molecule has 0 aliphatic carbocycles. The Kier molecular flexibility index (Phi) is 18.2. The number of carboxylic acid groups (broad SMARTS) is 1. The smallest absolute Gasteiger partial charge is 0.413 e. The topological polar surface area (TPSA) is 332 Å². The van der Waals surface area contributed by atoms with Gasteiger partial charge in [0.15, 0.2) is 11.4 Å². The molecule has 0 aliphatic rings. The number of aromatic nitrogens is 8. The van der Waals surface area contributed by atoms with E-state index in [1.807, 2.05) is 105 Å². The number of nitrogens with zero attached hydrogens (tertiary/aromatic N) is 10. The number of hydrogen-bond donors (Lipinski definition) is 7. The number of aromatic carboxylic acids is 1. The number of pyridine rings is 4. The number of carbonyl (C=O) groups is 3. The van der Waals surface area contributed by atoms with Crippen molar-refractivity contribution in [1.82, 2.24) is 44.8 Å². The lowest BCUT2D eigenvalue weighted by Gasteiger charge is -2.21. The van der Waals surface area contributed by atoms with Gasteiger partial charge in [0, 0.05) is 58.8 Å². The average Bonchev–Trinajstić information content (AvgIpc) is 4.07. The molecule has 0 fully saturated rings. The Labute approximate surface area is 464 Å². The number of nitrogens with one attached hydrogen (secondary N) is 2. The molecule has 0 saturated heterocycles. The van der Waals surface area contributed by atoms with Crippen LogP contribution in [0.1, 0.15) is 148 Å². The number of benzene rings is 2. The van der Waals surface area contributed by atoms with Gasteiger partial charge in [-0.1, -0.05) is 0 Å². The molecule has 6 heterocycles. The molecule has 9 N–H and O–H groups in total. The minimum atomic E-state index is -1.19. The van der Waals surface area contributed by atoms with Crippen molar-refractivity contribution in [2.45, 2.75) is 133 Å². The Morgan fingerprint density at radius 3 is 1.57 bits per heavy atom. The van der Waals surface area contributed by atoms with Gasteiger partial charge in [-0.2, -0.15) is 20.7 Å². The molecule has 8 aromatic rings. The van der Waals surface area contributed by atoms with Crippen LogP contribution < -0.4 is 22.1 Å². The predicted molar refractivity (Wildman–Crippen MR) is 303 cm³/mol. The Morgan fingerprint density at radius 1 is 0.662 bits per heavy atom. The SMILES string of the molecule is Cc1cc(NC(=O)OC(C)(C)C)nc(C)c1CN.Cc1cnc2c(C(C)(C)O)cc(Cn3ncc(C(=O)NCc4c(C)cc(N)nc4C)c3C#N)cc2c1.Cc1cnc2c(C(C)(C)O)cc(Cn3ncc(C(=O)O)c3C#N)cc2c1. The second-order valence-corrected chi connectivity index (χ2v) is 21.6. The molecule has 8 rings (SSSR count). The van der Waals surface area contributed by atoms with E-state index in [0.717, 1.165) is 72.2 Å². The van der Waals surface area contributed by atoms with Gasteiger partial charge >= 0.3 is 12.1 Å². The molecule has 0 unspecified atom stereocenters. The number of carbonyl (C=O) groups excluding carboxylic acids is 2. The fourth-order valence-corrected chi connectivity index (χ4v) is 8.93. The quantitative estimate of drug-likeness (QED) is 0.0602. The lowest BCUT2D eigenvalue weighted by molar-refractivity contribution is 0.0632. The van der Waals surface area contributed by atoms with E-state index in [4.69, 9.17) is 21.3 Å². The molecule has 21 heteroatoms. The molecule has 80 heavy (non-hydrogen) atoms. The van der Waals surface area contributed by atoms with Crippen molar-refractivity contribution in [3.63, 3.8) is 0 Å². The maximum absolute atomic E-state index is 12.9. The number of rotatable bonds is 12. The summed E-state index contributed by atoms with van der Waals surface area (Å²) in [5.41, 5.74) is 20.7. The molecule has 0 aliphatic heterocycles. The lowest BCUT2D eigenvalue weighted by atomic mass is 9.93. The average molecular weight is 1090 g/mol. The Bertz CT molecular complexity index is 3710. The summed E-state index contributed by atoms with van der Waals surface area (Å²) >= 11 is 0. The van der Waals surface area contributed by atoms with Crippen LogP contribution in [0.4, 0.5) is 16.4 Å². The number of ether oxygens (including phenoxy) is 1. The number of fused-ring (bicyclic) bond motifs is 2. The standard InChI is InChI=1S/C27H29N7O2.C19H18N4O3.C13H21N3O2/c1-15-6-19-8-18(9-22(27(4,5)36)25(19)30-11-15)14-34-23(10-28)21(13-32-34)26(35)31-12-20-16(2)7-24(29)33-17(20)3;1-11-4-13-5-12(6-15(19(2,3)26)17(13)21-8-11)10-23-16(7-20)14(9-22-23)18(24)25;1-8-6-11(15-9(2)10(8)7-14)16-12(17)18-13(3,4)5/h6-9,11,13,36H,12,14H2,1-5H3,(H2,29,33)(H,31,35);4-6,8-9,26H,10H2,1-3H3,(H,24,25);6H,7,14H2,1-5H3,(H,15,16,17). The van der Waals surface area contributed by atoms with Crippen LogP contribution in [0.3, 0.4) is 0 Å². The summed E-state index contributed by atoms with van der Waals surface area (Å²) in [5, 5.41) is 65.1. The summed E-state index contributed by atoms with van der Waals surface area (Å²) in [6.07, 6.45) is 5.59. The number of aliphatic hydroxyl groups is 2. The van der Waals surface area contributed by atoms with Crippen molar-refractivity contribution >= 4 is 51.4 Å². The highest BCUT2D eigenvalue weighted by Gasteiger charge is 2.25. The Hall–Kier alpha value is -9.15. The highest BCUT2D eigenvalue weighted by Crippen LogP contribution is 2.32. The third-order valence-corrected chi connectivity index (χ3v) is 12.7. The van der Waals surface area contributed by atoms with Gasteiger partial charge in [0.1, 0.15) is 34.9 Å². The van der Waals surface area contributed by atoms with E-state index in [-0.39, 0.29) is 42.1 Å². The van der Waals surface area contributed by atoms with Crippen molar-refractivity contribution in [3.05, 3.63) is 163 Å². The van der Waals surface area contributed by atoms with Crippen molar-refractivity contribution in [2.24, 2.45) is 5.73 Å². The summed E-state index contributed by atoms with van der Waals surface area (Å²) < 4.78 is 8.01. The van der Waals surface area contributed by atoms with Gasteiger partial charge < -0.3 is 36.8 Å². The number of nitrogen functional groups attached to an aromatic ring is 1. The number of amides is 2. The third-order valence-electron chi connectivity index (χ3n) is 12.7. The monoisotopic (exact) mass is 1080 g/mol. The molecule has 2 amide bonds. The zero-order valence-corrected chi connectivity index (χ0v) is 47.4. The molecule has 6 aromatic heterocycles. The van der Waals surface area contributed by atoms with Gasteiger partial charge in [-0.3, -0.25) is 20.1 Å². The minimum Gasteiger partial charge on any atom is -0.478 e. The van der Waals surface area contributed by atoms with E-state index in [1.165, 1.54) is 21.8 Å². The summed E-state index contributed by atoms with van der Waals surface area (Å²) in [5.74, 6) is -0.677. The molecule has 2 aromatic carbocycles. The lowest BCUT2D eigenvalue weighted by Crippen LogP contribution is -2.27. The van der Waals surface area contributed by atoms with Gasteiger partial charge in [0.2, 0.25) is 0 Å². The minimum absolute atomic E-state index is 0.00947. The predicted octanol–water partition coefficient (Wildman–Crippen LogP) is 8.50. The van der Waals surface area contributed by atoms with Gasteiger partial charge in [-0.05, 0) is 183 Å². The zero-order valence-electron chi connectivity index (χ0n) is 47.4.